The number of aryl methyl sites for hydroxylation is 3. The largest absolute Gasteiger partial charge is 2.00 e. The minimum Gasteiger partial charge on any atom is -0.509 e. The molecule has 0 spiro atoms. The number of hydrogen-bond acceptors (Lipinski definition) is 3. The van der Waals surface area contributed by atoms with Gasteiger partial charge in [0, 0.05) is 35.0 Å². The van der Waals surface area contributed by atoms with Gasteiger partial charge in [-0.2, -0.15) is 11.2 Å². The third kappa shape index (κ3) is 6.62. The van der Waals surface area contributed by atoms with E-state index in [2.05, 4.69) is 152 Å². The summed E-state index contributed by atoms with van der Waals surface area (Å²) in [5.74, 6) is 2.08. The number of benzene rings is 4. The van der Waals surface area contributed by atoms with Gasteiger partial charge in [-0.3, -0.25) is 4.68 Å². The van der Waals surface area contributed by atoms with Crippen molar-refractivity contribution in [2.24, 2.45) is 0 Å². The maximum absolute atomic E-state index is 6.61. The molecule has 6 heteroatoms. The zero-order valence-electron chi connectivity index (χ0n) is 29.7. The Morgan fingerprint density at radius 2 is 1.43 bits per heavy atom. The van der Waals surface area contributed by atoms with Crippen molar-refractivity contribution in [1.82, 2.24) is 19.3 Å². The fourth-order valence-electron chi connectivity index (χ4n) is 6.66. The number of ether oxygens (including phenoxy) is 1. The first kappa shape index (κ1) is 34.4. The number of aromatic nitrogens is 4. The Kier molecular flexibility index (Phi) is 8.96. The molecule has 4 aromatic carbocycles. The molecule has 0 amide bonds. The molecule has 0 saturated carbocycles. The van der Waals surface area contributed by atoms with Crippen LogP contribution < -0.4 is 4.74 Å². The van der Waals surface area contributed by atoms with Gasteiger partial charge in [0.15, 0.2) is 0 Å². The van der Waals surface area contributed by atoms with E-state index in [1.165, 1.54) is 27.8 Å². The molecule has 7 aromatic rings. The first-order valence-electron chi connectivity index (χ1n) is 16.6. The molecule has 49 heavy (non-hydrogen) atoms. The van der Waals surface area contributed by atoms with Crippen LogP contribution in [0.1, 0.15) is 69.4 Å². The molecule has 0 aliphatic heterocycles. The number of pyridine rings is 1. The molecule has 7 rings (SSSR count). The van der Waals surface area contributed by atoms with Crippen molar-refractivity contribution >= 4 is 21.8 Å². The molecule has 5 nitrogen and oxygen atoms in total. The summed E-state index contributed by atoms with van der Waals surface area (Å²) in [5, 5.41) is 7.03. The van der Waals surface area contributed by atoms with Crippen molar-refractivity contribution in [3.05, 3.63) is 131 Å². The molecule has 0 bridgehead atoms. The summed E-state index contributed by atoms with van der Waals surface area (Å²) in [4.78, 5) is 4.82. The molecular formula is C43H42N4OPt. The summed E-state index contributed by atoms with van der Waals surface area (Å²) in [7, 11) is 0. The van der Waals surface area contributed by atoms with Gasteiger partial charge in [0.25, 0.3) is 0 Å². The molecule has 0 atom stereocenters. The second kappa shape index (κ2) is 12.8. The van der Waals surface area contributed by atoms with Gasteiger partial charge in [-0.1, -0.05) is 83.0 Å². The van der Waals surface area contributed by atoms with Crippen LogP contribution in [-0.4, -0.2) is 19.3 Å². The zero-order valence-corrected chi connectivity index (χ0v) is 31.9. The van der Waals surface area contributed by atoms with Gasteiger partial charge in [0.05, 0.1) is 6.20 Å². The van der Waals surface area contributed by atoms with Crippen molar-refractivity contribution in [3.8, 4) is 34.1 Å². The number of para-hydroxylation sites is 1. The first-order valence-corrected chi connectivity index (χ1v) is 16.6. The van der Waals surface area contributed by atoms with Crippen LogP contribution in [0.15, 0.2) is 91.4 Å². The maximum atomic E-state index is 6.61. The maximum Gasteiger partial charge on any atom is 2.00 e. The molecule has 0 unspecified atom stereocenters. The van der Waals surface area contributed by atoms with Crippen LogP contribution in [0.3, 0.4) is 0 Å². The Morgan fingerprint density at radius 3 is 2.14 bits per heavy atom. The van der Waals surface area contributed by atoms with Crippen molar-refractivity contribution in [2.45, 2.75) is 73.1 Å². The topological polar surface area (TPSA) is 44.9 Å². The molecule has 0 radical (unpaired) electrons. The normalized spacial score (nSPS) is 12.0. The van der Waals surface area contributed by atoms with Crippen LogP contribution >= 0.6 is 0 Å². The van der Waals surface area contributed by atoms with Gasteiger partial charge in [-0.25, -0.2) is 4.98 Å². The standard InChI is InChI=1S/C43H42N4O.Pt/c1-27-18-28(2)41(29(3)19-27)30-25-45-46(26-30)33-20-32(43(7,8)9)21-35(23-33)48-34-14-15-37-36-12-10-11-13-38(36)47(39(37)24-34)40-22-31(16-17-44-40)42(4,5)6;/h10-22,25-26H,1-9H3;/q-2;+2. The van der Waals surface area contributed by atoms with Gasteiger partial charge in [-0.05, 0) is 83.1 Å². The third-order valence-electron chi connectivity index (χ3n) is 9.11. The van der Waals surface area contributed by atoms with E-state index in [0.29, 0.717) is 11.5 Å². The first-order chi connectivity index (χ1) is 22.8. The molecule has 0 saturated heterocycles. The zero-order chi connectivity index (χ0) is 34.0. The average Bonchev–Trinajstić information content (AvgIpc) is 3.63. The number of fused-ring (bicyclic) bond motifs is 3. The second-order valence-corrected chi connectivity index (χ2v) is 15.0. The van der Waals surface area contributed by atoms with Gasteiger partial charge < -0.3 is 9.30 Å². The van der Waals surface area contributed by atoms with Crippen molar-refractivity contribution < 1.29 is 25.8 Å². The fourth-order valence-corrected chi connectivity index (χ4v) is 6.66. The monoisotopic (exact) mass is 825 g/mol. The van der Waals surface area contributed by atoms with E-state index in [-0.39, 0.29) is 31.9 Å². The van der Waals surface area contributed by atoms with Crippen molar-refractivity contribution in [1.29, 1.82) is 0 Å². The molecular weight excluding hydrogens is 784 g/mol. The molecule has 3 aromatic heterocycles. The quantitative estimate of drug-likeness (QED) is 0.162. The van der Waals surface area contributed by atoms with Crippen LogP contribution in [-0.2, 0) is 31.9 Å². The molecule has 0 aliphatic rings. The Labute approximate surface area is 304 Å². The van der Waals surface area contributed by atoms with Crippen LogP contribution in [0.4, 0.5) is 0 Å². The second-order valence-electron chi connectivity index (χ2n) is 15.0. The Balaban J connectivity index is 0.00000417. The Morgan fingerprint density at radius 1 is 0.714 bits per heavy atom. The van der Waals surface area contributed by atoms with E-state index in [1.807, 2.05) is 23.1 Å². The van der Waals surface area contributed by atoms with E-state index >= 15 is 0 Å². The van der Waals surface area contributed by atoms with Crippen LogP contribution in [0, 0.1) is 32.9 Å². The van der Waals surface area contributed by atoms with E-state index in [0.717, 1.165) is 44.4 Å². The van der Waals surface area contributed by atoms with E-state index in [4.69, 9.17) is 14.8 Å². The van der Waals surface area contributed by atoms with E-state index in [1.54, 1.807) is 0 Å². The molecule has 250 valence electrons. The Hall–Kier alpha value is -4.47. The summed E-state index contributed by atoms with van der Waals surface area (Å²) in [6.07, 6.45) is 5.92. The van der Waals surface area contributed by atoms with Crippen LogP contribution in [0.25, 0.3) is 44.4 Å². The summed E-state index contributed by atoms with van der Waals surface area (Å²) in [5.41, 5.74) is 11.1. The SMILES string of the molecule is Cc1cc(C)c(-c2cnn(-c3[c-]c(Oc4[c-]c5c(cc4)c4ccccc4n5-c4cc(C(C)(C)C)ccn4)cc(C(C)(C)C)c3)c2)c(C)c1.[Pt+2]. The molecule has 0 aliphatic carbocycles. The number of hydrogen-bond donors (Lipinski definition) is 0. The average molecular weight is 826 g/mol. The van der Waals surface area contributed by atoms with Gasteiger partial charge >= 0.3 is 21.1 Å². The third-order valence-corrected chi connectivity index (χ3v) is 9.11. The van der Waals surface area contributed by atoms with E-state index < -0.39 is 0 Å². The van der Waals surface area contributed by atoms with E-state index in [9.17, 15) is 0 Å². The summed E-state index contributed by atoms with van der Waals surface area (Å²) < 4.78 is 10.7. The number of rotatable bonds is 5. The van der Waals surface area contributed by atoms with Gasteiger partial charge in [0.1, 0.15) is 5.82 Å². The predicted molar refractivity (Wildman–Crippen MR) is 197 cm³/mol. The smallest absolute Gasteiger partial charge is 0.509 e. The van der Waals surface area contributed by atoms with Crippen LogP contribution in [0.5, 0.6) is 11.5 Å². The van der Waals surface area contributed by atoms with Gasteiger partial charge in [0.2, 0.25) is 0 Å². The minimum atomic E-state index is -0.119. The van der Waals surface area contributed by atoms with Crippen molar-refractivity contribution in [2.75, 3.05) is 0 Å². The van der Waals surface area contributed by atoms with Crippen LogP contribution in [0.2, 0.25) is 0 Å². The molecule has 3 heterocycles. The summed E-state index contributed by atoms with van der Waals surface area (Å²) >= 11 is 0. The molecule has 0 N–H and O–H groups in total. The summed E-state index contributed by atoms with van der Waals surface area (Å²) in [6.45, 7) is 19.8. The van der Waals surface area contributed by atoms with Crippen molar-refractivity contribution in [3.63, 3.8) is 0 Å². The molecule has 0 fully saturated rings. The minimum absolute atomic E-state index is 0. The predicted octanol–water partition coefficient (Wildman–Crippen LogP) is 10.9. The number of nitrogens with zero attached hydrogens (tertiary/aromatic N) is 4. The summed E-state index contributed by atoms with van der Waals surface area (Å²) in [6, 6.07) is 32.6. The Bertz CT molecular complexity index is 2310. The fraction of sp³-hybridized carbons (Fsp3) is 0.256. The van der Waals surface area contributed by atoms with Gasteiger partial charge in [-0.15, -0.1) is 41.3 Å².